The Morgan fingerprint density at radius 3 is 2.16 bits per heavy atom. The molecule has 25 heavy (non-hydrogen) atoms. The second-order valence-electron chi connectivity index (χ2n) is 8.39. The van der Waals surface area contributed by atoms with Crippen molar-refractivity contribution >= 4 is 11.5 Å². The van der Waals surface area contributed by atoms with Crippen molar-refractivity contribution in [2.24, 2.45) is 0 Å². The van der Waals surface area contributed by atoms with E-state index in [9.17, 15) is 9.90 Å². The molecule has 0 aromatic heterocycles. The van der Waals surface area contributed by atoms with E-state index >= 15 is 0 Å². The molecule has 2 aromatic carbocycles. The number of fused-ring (bicyclic) bond motifs is 1. The smallest absolute Gasteiger partial charge is 0.335 e. The third-order valence-electron chi connectivity index (χ3n) is 5.66. The molecule has 0 saturated carbocycles. The van der Waals surface area contributed by atoms with Crippen LogP contribution >= 0.6 is 0 Å². The number of carbonyl (C=O) groups is 1. The number of hydrogen-bond acceptors (Lipinski definition) is 1. The SMILES string of the molecule is C=C(C(=O)O)c1cccc(-c2ccc3c(c2)C(C)(C)CCC3(C)C)c1. The van der Waals surface area contributed by atoms with Crippen molar-refractivity contribution in [1.29, 1.82) is 0 Å². The number of rotatable bonds is 3. The number of carboxylic acid groups (broad SMARTS) is 1. The average Bonchev–Trinajstić information content (AvgIpc) is 2.58. The molecule has 0 radical (unpaired) electrons. The van der Waals surface area contributed by atoms with Gasteiger partial charge in [-0.05, 0) is 57.6 Å². The van der Waals surface area contributed by atoms with Crippen LogP contribution in [0.1, 0.15) is 57.2 Å². The maximum atomic E-state index is 11.2. The van der Waals surface area contributed by atoms with Crippen LogP contribution in [0.5, 0.6) is 0 Å². The Hall–Kier alpha value is -2.35. The van der Waals surface area contributed by atoms with Gasteiger partial charge < -0.3 is 5.11 Å². The molecule has 0 atom stereocenters. The van der Waals surface area contributed by atoms with Crippen molar-refractivity contribution in [2.45, 2.75) is 51.4 Å². The molecule has 1 aliphatic carbocycles. The molecule has 0 bridgehead atoms. The molecule has 1 N–H and O–H groups in total. The monoisotopic (exact) mass is 334 g/mol. The van der Waals surface area contributed by atoms with Gasteiger partial charge in [-0.3, -0.25) is 0 Å². The summed E-state index contributed by atoms with van der Waals surface area (Å²) in [6.07, 6.45) is 2.37. The summed E-state index contributed by atoms with van der Waals surface area (Å²) in [5.74, 6) is -0.981. The Balaban J connectivity index is 2.10. The van der Waals surface area contributed by atoms with E-state index in [4.69, 9.17) is 0 Å². The Kier molecular flexibility index (Phi) is 4.10. The molecule has 0 heterocycles. The van der Waals surface area contributed by atoms with E-state index in [1.54, 1.807) is 6.07 Å². The minimum absolute atomic E-state index is 0.126. The van der Waals surface area contributed by atoms with Gasteiger partial charge in [0, 0.05) is 0 Å². The highest BCUT2D eigenvalue weighted by atomic mass is 16.4. The van der Waals surface area contributed by atoms with Gasteiger partial charge in [0.05, 0.1) is 5.57 Å². The summed E-state index contributed by atoms with van der Waals surface area (Å²) < 4.78 is 0. The summed E-state index contributed by atoms with van der Waals surface area (Å²) in [5, 5.41) is 9.18. The van der Waals surface area contributed by atoms with Crippen LogP contribution in [0.2, 0.25) is 0 Å². The molecule has 1 aliphatic rings. The predicted molar refractivity (Wildman–Crippen MR) is 104 cm³/mol. The molecular formula is C23H26O2. The molecule has 130 valence electrons. The molecule has 0 spiro atoms. The zero-order chi connectivity index (χ0) is 18.4. The van der Waals surface area contributed by atoms with E-state index in [1.807, 2.05) is 18.2 Å². The van der Waals surface area contributed by atoms with Crippen molar-refractivity contribution in [2.75, 3.05) is 0 Å². The van der Waals surface area contributed by atoms with Crippen LogP contribution in [-0.4, -0.2) is 11.1 Å². The zero-order valence-corrected chi connectivity index (χ0v) is 15.5. The van der Waals surface area contributed by atoms with E-state index in [-0.39, 0.29) is 16.4 Å². The quantitative estimate of drug-likeness (QED) is 0.720. The van der Waals surface area contributed by atoms with Crippen LogP contribution in [-0.2, 0) is 15.6 Å². The lowest BCUT2D eigenvalue weighted by Crippen LogP contribution is -2.33. The van der Waals surface area contributed by atoms with Crippen LogP contribution in [0.4, 0.5) is 0 Å². The van der Waals surface area contributed by atoms with Crippen LogP contribution in [0.25, 0.3) is 16.7 Å². The second kappa shape index (κ2) is 5.87. The van der Waals surface area contributed by atoms with Crippen LogP contribution in [0, 0.1) is 0 Å². The van der Waals surface area contributed by atoms with Crippen LogP contribution in [0.15, 0.2) is 49.0 Å². The van der Waals surface area contributed by atoms with E-state index in [0.29, 0.717) is 5.56 Å². The van der Waals surface area contributed by atoms with Crippen molar-refractivity contribution in [3.8, 4) is 11.1 Å². The number of hydrogen-bond donors (Lipinski definition) is 1. The molecule has 2 heteroatoms. The topological polar surface area (TPSA) is 37.3 Å². The van der Waals surface area contributed by atoms with Gasteiger partial charge in [0.1, 0.15) is 0 Å². The van der Waals surface area contributed by atoms with E-state index < -0.39 is 5.97 Å². The number of carboxylic acids is 1. The fraction of sp³-hybridized carbons (Fsp3) is 0.348. The van der Waals surface area contributed by atoms with Crippen molar-refractivity contribution in [1.82, 2.24) is 0 Å². The highest BCUT2D eigenvalue weighted by Crippen LogP contribution is 2.46. The lowest BCUT2D eigenvalue weighted by atomic mass is 9.63. The summed E-state index contributed by atoms with van der Waals surface area (Å²) >= 11 is 0. The van der Waals surface area contributed by atoms with Gasteiger partial charge in [0.15, 0.2) is 0 Å². The molecule has 0 fully saturated rings. The summed E-state index contributed by atoms with van der Waals surface area (Å²) in [5.41, 5.74) is 6.13. The Labute approximate surface area is 150 Å². The van der Waals surface area contributed by atoms with Gasteiger partial charge in [-0.2, -0.15) is 0 Å². The fourth-order valence-electron chi connectivity index (χ4n) is 3.78. The van der Waals surface area contributed by atoms with Gasteiger partial charge in [-0.1, -0.05) is 70.7 Å². The number of aliphatic carboxylic acids is 1. The van der Waals surface area contributed by atoms with E-state index in [2.05, 4.69) is 52.5 Å². The molecule has 2 aromatic rings. The normalized spacial score (nSPS) is 17.6. The standard InChI is InChI=1S/C23H26O2/c1-15(21(24)25)16-7-6-8-17(13-16)18-9-10-19-20(14-18)23(4,5)12-11-22(19,2)3/h6-10,13-14H,1,11-12H2,2-5H3,(H,24,25). The lowest BCUT2D eigenvalue weighted by Gasteiger charge is -2.42. The Bertz CT molecular complexity index is 856. The predicted octanol–water partition coefficient (Wildman–Crippen LogP) is 5.80. The lowest BCUT2D eigenvalue weighted by molar-refractivity contribution is -0.130. The molecule has 0 amide bonds. The third kappa shape index (κ3) is 3.13. The van der Waals surface area contributed by atoms with Gasteiger partial charge in [-0.15, -0.1) is 0 Å². The Morgan fingerprint density at radius 1 is 0.920 bits per heavy atom. The van der Waals surface area contributed by atoms with Gasteiger partial charge in [0.2, 0.25) is 0 Å². The third-order valence-corrected chi connectivity index (χ3v) is 5.66. The minimum atomic E-state index is -0.981. The zero-order valence-electron chi connectivity index (χ0n) is 15.5. The highest BCUT2D eigenvalue weighted by molar-refractivity contribution is 6.14. The molecule has 0 aliphatic heterocycles. The first kappa shape index (κ1) is 17.5. The Morgan fingerprint density at radius 2 is 1.52 bits per heavy atom. The van der Waals surface area contributed by atoms with Crippen molar-refractivity contribution in [3.05, 3.63) is 65.7 Å². The van der Waals surface area contributed by atoms with Crippen molar-refractivity contribution < 1.29 is 9.90 Å². The fourth-order valence-corrected chi connectivity index (χ4v) is 3.78. The summed E-state index contributed by atoms with van der Waals surface area (Å²) in [7, 11) is 0. The average molecular weight is 334 g/mol. The maximum Gasteiger partial charge on any atom is 0.335 e. The minimum Gasteiger partial charge on any atom is -0.478 e. The van der Waals surface area contributed by atoms with E-state index in [1.165, 1.54) is 24.0 Å². The van der Waals surface area contributed by atoms with Crippen molar-refractivity contribution in [3.63, 3.8) is 0 Å². The first-order valence-corrected chi connectivity index (χ1v) is 8.80. The molecule has 0 unspecified atom stereocenters. The van der Waals surface area contributed by atoms with Gasteiger partial charge >= 0.3 is 5.97 Å². The van der Waals surface area contributed by atoms with Crippen LogP contribution in [0.3, 0.4) is 0 Å². The summed E-state index contributed by atoms with van der Waals surface area (Å²) in [4.78, 5) is 11.2. The molecule has 2 nitrogen and oxygen atoms in total. The highest BCUT2D eigenvalue weighted by Gasteiger charge is 2.36. The van der Waals surface area contributed by atoms with E-state index in [0.717, 1.165) is 11.1 Å². The van der Waals surface area contributed by atoms with Gasteiger partial charge in [0.25, 0.3) is 0 Å². The summed E-state index contributed by atoms with van der Waals surface area (Å²) in [6, 6.07) is 14.3. The first-order chi connectivity index (χ1) is 11.6. The largest absolute Gasteiger partial charge is 0.478 e. The van der Waals surface area contributed by atoms with Gasteiger partial charge in [-0.25, -0.2) is 4.79 Å². The first-order valence-electron chi connectivity index (χ1n) is 8.80. The van der Waals surface area contributed by atoms with Crippen LogP contribution < -0.4 is 0 Å². The molecule has 3 rings (SSSR count). The molecular weight excluding hydrogens is 308 g/mol. The maximum absolute atomic E-state index is 11.2. The number of benzene rings is 2. The molecule has 0 saturated heterocycles. The second-order valence-corrected chi connectivity index (χ2v) is 8.39. The summed E-state index contributed by atoms with van der Waals surface area (Å²) in [6.45, 7) is 12.9.